The van der Waals surface area contributed by atoms with Crippen molar-refractivity contribution in [1.82, 2.24) is 5.32 Å². The molecule has 0 unspecified atom stereocenters. The second-order valence-corrected chi connectivity index (χ2v) is 5.14. The summed E-state index contributed by atoms with van der Waals surface area (Å²) in [7, 11) is 0. The summed E-state index contributed by atoms with van der Waals surface area (Å²) in [5.74, 6) is 1.03. The third kappa shape index (κ3) is 6.65. The van der Waals surface area contributed by atoms with E-state index in [9.17, 15) is 0 Å². The molecule has 1 aromatic rings. The number of rotatable bonds is 9. The van der Waals surface area contributed by atoms with Gasteiger partial charge in [0.1, 0.15) is 5.75 Å². The number of unbranched alkanes of at least 4 members (excludes halogenated alkanes) is 3. The summed E-state index contributed by atoms with van der Waals surface area (Å²) in [5, 5.41) is 3.44. The van der Waals surface area contributed by atoms with Gasteiger partial charge in [-0.15, -0.1) is 0 Å². The molecule has 0 radical (unpaired) electrons. The Labute approximate surface area is 112 Å². The minimum absolute atomic E-state index is 0.606. The summed E-state index contributed by atoms with van der Waals surface area (Å²) in [5.41, 5.74) is 1.22. The van der Waals surface area contributed by atoms with E-state index in [0.717, 1.165) is 25.3 Å². The molecule has 1 rings (SSSR count). The molecule has 2 heteroatoms. The van der Waals surface area contributed by atoms with Crippen molar-refractivity contribution in [1.29, 1.82) is 0 Å². The van der Waals surface area contributed by atoms with Crippen LogP contribution < -0.4 is 10.1 Å². The standard InChI is InChI=1S/C16H27NO/c1-14(2)17-12-8-4-5-9-13-18-16-11-7-6-10-15(16)3/h6-7,10-11,14,17H,4-5,8-9,12-13H2,1-3H3. The van der Waals surface area contributed by atoms with E-state index in [4.69, 9.17) is 4.74 Å². The third-order valence-electron chi connectivity index (χ3n) is 2.97. The van der Waals surface area contributed by atoms with Gasteiger partial charge in [0.05, 0.1) is 6.61 Å². The van der Waals surface area contributed by atoms with E-state index in [1.165, 1.54) is 24.8 Å². The Morgan fingerprint density at radius 3 is 2.50 bits per heavy atom. The van der Waals surface area contributed by atoms with Crippen LogP contribution in [0.2, 0.25) is 0 Å². The lowest BCUT2D eigenvalue weighted by Crippen LogP contribution is -2.23. The predicted octanol–water partition coefficient (Wildman–Crippen LogP) is 3.93. The molecule has 0 fully saturated rings. The Morgan fingerprint density at radius 2 is 1.78 bits per heavy atom. The first-order valence-electron chi connectivity index (χ1n) is 7.12. The molecule has 1 aromatic carbocycles. The summed E-state index contributed by atoms with van der Waals surface area (Å²) in [6.45, 7) is 8.44. The molecule has 0 aliphatic heterocycles. The zero-order chi connectivity index (χ0) is 13.2. The van der Waals surface area contributed by atoms with Crippen molar-refractivity contribution in [3.8, 4) is 5.75 Å². The highest BCUT2D eigenvalue weighted by molar-refractivity contribution is 5.31. The van der Waals surface area contributed by atoms with Crippen molar-refractivity contribution < 1.29 is 4.74 Å². The van der Waals surface area contributed by atoms with Crippen LogP contribution in [0.1, 0.15) is 45.1 Å². The molecule has 0 aliphatic rings. The van der Waals surface area contributed by atoms with E-state index in [1.807, 2.05) is 18.2 Å². The quantitative estimate of drug-likeness (QED) is 0.669. The molecule has 0 spiro atoms. The van der Waals surface area contributed by atoms with Crippen LogP contribution in [-0.2, 0) is 0 Å². The third-order valence-corrected chi connectivity index (χ3v) is 2.97. The molecule has 0 saturated carbocycles. The average Bonchev–Trinajstić information content (AvgIpc) is 2.34. The minimum Gasteiger partial charge on any atom is -0.493 e. The highest BCUT2D eigenvalue weighted by Gasteiger charge is 1.97. The fourth-order valence-electron chi connectivity index (χ4n) is 1.87. The summed E-state index contributed by atoms with van der Waals surface area (Å²) in [6.07, 6.45) is 4.96. The van der Waals surface area contributed by atoms with Gasteiger partial charge < -0.3 is 10.1 Å². The maximum absolute atomic E-state index is 5.77. The van der Waals surface area contributed by atoms with Crippen LogP contribution in [0.25, 0.3) is 0 Å². The van der Waals surface area contributed by atoms with Gasteiger partial charge in [-0.1, -0.05) is 44.9 Å². The molecule has 18 heavy (non-hydrogen) atoms. The topological polar surface area (TPSA) is 21.3 Å². The van der Waals surface area contributed by atoms with E-state index >= 15 is 0 Å². The molecule has 0 bridgehead atoms. The highest BCUT2D eigenvalue weighted by atomic mass is 16.5. The summed E-state index contributed by atoms with van der Waals surface area (Å²) < 4.78 is 5.77. The summed E-state index contributed by atoms with van der Waals surface area (Å²) in [6, 6.07) is 8.81. The maximum Gasteiger partial charge on any atom is 0.122 e. The lowest BCUT2D eigenvalue weighted by atomic mass is 10.2. The largest absolute Gasteiger partial charge is 0.493 e. The molecule has 0 saturated heterocycles. The summed E-state index contributed by atoms with van der Waals surface area (Å²) >= 11 is 0. The Hall–Kier alpha value is -1.02. The first-order chi connectivity index (χ1) is 8.70. The normalized spacial score (nSPS) is 10.9. The number of hydrogen-bond donors (Lipinski definition) is 1. The van der Waals surface area contributed by atoms with Gasteiger partial charge in [0.25, 0.3) is 0 Å². The van der Waals surface area contributed by atoms with E-state index in [0.29, 0.717) is 6.04 Å². The van der Waals surface area contributed by atoms with Gasteiger partial charge in [-0.3, -0.25) is 0 Å². The Bertz CT molecular complexity index is 323. The lowest BCUT2D eigenvalue weighted by molar-refractivity contribution is 0.302. The van der Waals surface area contributed by atoms with Gasteiger partial charge in [-0.2, -0.15) is 0 Å². The summed E-state index contributed by atoms with van der Waals surface area (Å²) in [4.78, 5) is 0. The molecular weight excluding hydrogens is 222 g/mol. The van der Waals surface area contributed by atoms with Crippen LogP contribution >= 0.6 is 0 Å². The zero-order valence-corrected chi connectivity index (χ0v) is 12.0. The minimum atomic E-state index is 0.606. The molecule has 0 heterocycles. The van der Waals surface area contributed by atoms with Gasteiger partial charge in [0, 0.05) is 6.04 Å². The number of hydrogen-bond acceptors (Lipinski definition) is 2. The molecule has 0 atom stereocenters. The van der Waals surface area contributed by atoms with Crippen LogP contribution in [0.4, 0.5) is 0 Å². The highest BCUT2D eigenvalue weighted by Crippen LogP contribution is 2.16. The van der Waals surface area contributed by atoms with Crippen LogP contribution in [0.3, 0.4) is 0 Å². The van der Waals surface area contributed by atoms with Crippen LogP contribution in [0.5, 0.6) is 5.75 Å². The monoisotopic (exact) mass is 249 g/mol. The molecule has 102 valence electrons. The fraction of sp³-hybridized carbons (Fsp3) is 0.625. The average molecular weight is 249 g/mol. The number of ether oxygens (including phenoxy) is 1. The van der Waals surface area contributed by atoms with Crippen molar-refractivity contribution in [2.24, 2.45) is 0 Å². The predicted molar refractivity (Wildman–Crippen MR) is 78.3 cm³/mol. The van der Waals surface area contributed by atoms with Gasteiger partial charge in [-0.05, 0) is 37.9 Å². The first-order valence-corrected chi connectivity index (χ1v) is 7.12. The van der Waals surface area contributed by atoms with Crippen molar-refractivity contribution >= 4 is 0 Å². The van der Waals surface area contributed by atoms with Crippen molar-refractivity contribution in [2.75, 3.05) is 13.2 Å². The van der Waals surface area contributed by atoms with Gasteiger partial charge in [0.2, 0.25) is 0 Å². The zero-order valence-electron chi connectivity index (χ0n) is 12.0. The molecular formula is C16H27NO. The van der Waals surface area contributed by atoms with Crippen LogP contribution in [0, 0.1) is 6.92 Å². The van der Waals surface area contributed by atoms with Crippen molar-refractivity contribution in [3.05, 3.63) is 29.8 Å². The van der Waals surface area contributed by atoms with E-state index in [2.05, 4.69) is 32.2 Å². The molecule has 1 N–H and O–H groups in total. The second kappa shape index (κ2) is 8.98. The Balaban J connectivity index is 1.98. The Kier molecular flexibility index (Phi) is 7.51. The van der Waals surface area contributed by atoms with Crippen molar-refractivity contribution in [2.45, 2.75) is 52.5 Å². The van der Waals surface area contributed by atoms with Crippen LogP contribution in [-0.4, -0.2) is 19.2 Å². The van der Waals surface area contributed by atoms with Gasteiger partial charge >= 0.3 is 0 Å². The maximum atomic E-state index is 5.77. The fourth-order valence-corrected chi connectivity index (χ4v) is 1.87. The molecule has 0 aromatic heterocycles. The first kappa shape index (κ1) is 15.0. The number of para-hydroxylation sites is 1. The van der Waals surface area contributed by atoms with E-state index in [-0.39, 0.29) is 0 Å². The smallest absolute Gasteiger partial charge is 0.122 e. The van der Waals surface area contributed by atoms with Gasteiger partial charge in [-0.25, -0.2) is 0 Å². The van der Waals surface area contributed by atoms with Crippen LogP contribution in [0.15, 0.2) is 24.3 Å². The van der Waals surface area contributed by atoms with E-state index < -0.39 is 0 Å². The van der Waals surface area contributed by atoms with Gasteiger partial charge in [0.15, 0.2) is 0 Å². The molecule has 2 nitrogen and oxygen atoms in total. The number of benzene rings is 1. The number of nitrogens with one attached hydrogen (secondary N) is 1. The van der Waals surface area contributed by atoms with E-state index in [1.54, 1.807) is 0 Å². The molecule has 0 amide bonds. The number of aryl methyl sites for hydroxylation is 1. The lowest BCUT2D eigenvalue weighted by Gasteiger charge is -2.09. The second-order valence-electron chi connectivity index (χ2n) is 5.14. The van der Waals surface area contributed by atoms with Crippen molar-refractivity contribution in [3.63, 3.8) is 0 Å². The SMILES string of the molecule is Cc1ccccc1OCCCCCCNC(C)C. The molecule has 0 aliphatic carbocycles. The Morgan fingerprint density at radius 1 is 1.06 bits per heavy atom.